The highest BCUT2D eigenvalue weighted by Crippen LogP contribution is 2.13. The summed E-state index contributed by atoms with van der Waals surface area (Å²) in [4.78, 5) is 18.1. The predicted molar refractivity (Wildman–Crippen MR) is 75.6 cm³/mol. The minimum absolute atomic E-state index is 0.348. The Hall–Kier alpha value is -1.66. The van der Waals surface area contributed by atoms with Crippen LogP contribution < -0.4 is 10.6 Å². The lowest BCUT2D eigenvalue weighted by atomic mass is 10.1. The van der Waals surface area contributed by atoms with Crippen molar-refractivity contribution in [1.29, 1.82) is 0 Å². The van der Waals surface area contributed by atoms with Gasteiger partial charge in [0, 0.05) is 19.3 Å². The molecule has 0 amide bonds. The molecule has 0 aliphatic carbocycles. The highest BCUT2D eigenvalue weighted by atomic mass is 16.5. The van der Waals surface area contributed by atoms with Gasteiger partial charge in [-0.2, -0.15) is 0 Å². The van der Waals surface area contributed by atoms with Gasteiger partial charge in [0.05, 0.1) is 19.8 Å². The van der Waals surface area contributed by atoms with Crippen LogP contribution in [0, 0.1) is 0 Å². The average Bonchev–Trinajstić information content (AvgIpc) is 2.49. The Morgan fingerprint density at radius 2 is 2.25 bits per heavy atom. The van der Waals surface area contributed by atoms with E-state index in [4.69, 9.17) is 15.2 Å². The van der Waals surface area contributed by atoms with E-state index in [1.54, 1.807) is 13.1 Å². The largest absolute Gasteiger partial charge is 0.465 e. The van der Waals surface area contributed by atoms with Gasteiger partial charge in [0.25, 0.3) is 0 Å². The van der Waals surface area contributed by atoms with Gasteiger partial charge in [0.1, 0.15) is 11.9 Å². The van der Waals surface area contributed by atoms with Crippen LogP contribution in [0.3, 0.4) is 0 Å². The molecule has 1 aliphatic heterocycles. The van der Waals surface area contributed by atoms with E-state index in [2.05, 4.69) is 9.88 Å². The van der Waals surface area contributed by atoms with Crippen molar-refractivity contribution in [2.24, 2.45) is 5.73 Å². The molecule has 6 heteroatoms. The van der Waals surface area contributed by atoms with Gasteiger partial charge in [-0.15, -0.1) is 0 Å². The normalized spacial score (nSPS) is 16.8. The first-order chi connectivity index (χ1) is 9.70. The van der Waals surface area contributed by atoms with E-state index >= 15 is 0 Å². The molecular formula is C14H21N3O3. The van der Waals surface area contributed by atoms with Crippen LogP contribution in [0.4, 0.5) is 5.82 Å². The second-order valence-electron chi connectivity index (χ2n) is 4.69. The number of morpholine rings is 1. The Bertz CT molecular complexity index is 430. The van der Waals surface area contributed by atoms with Gasteiger partial charge in [-0.3, -0.25) is 4.79 Å². The topological polar surface area (TPSA) is 77.7 Å². The summed E-state index contributed by atoms with van der Waals surface area (Å²) in [6.45, 7) is 5.29. The van der Waals surface area contributed by atoms with Crippen molar-refractivity contribution in [2.45, 2.75) is 19.4 Å². The second kappa shape index (κ2) is 7.21. The number of hydrogen-bond acceptors (Lipinski definition) is 6. The van der Waals surface area contributed by atoms with Gasteiger partial charge in [-0.25, -0.2) is 4.98 Å². The number of hydrogen-bond donors (Lipinski definition) is 1. The van der Waals surface area contributed by atoms with Crippen molar-refractivity contribution >= 4 is 11.8 Å². The van der Waals surface area contributed by atoms with Crippen molar-refractivity contribution in [3.8, 4) is 0 Å². The van der Waals surface area contributed by atoms with Gasteiger partial charge in [0.15, 0.2) is 0 Å². The number of carbonyl (C=O) groups excluding carboxylic acids is 1. The molecule has 1 aliphatic rings. The summed E-state index contributed by atoms with van der Waals surface area (Å²) in [7, 11) is 0. The van der Waals surface area contributed by atoms with E-state index in [0.717, 1.165) is 37.7 Å². The van der Waals surface area contributed by atoms with Crippen LogP contribution in [0.2, 0.25) is 0 Å². The maximum Gasteiger partial charge on any atom is 0.323 e. The van der Waals surface area contributed by atoms with Crippen LogP contribution in [-0.4, -0.2) is 49.9 Å². The SMILES string of the molecule is CCOC(=O)C(N)Cc1ccc(N2CCOCC2)nc1. The van der Waals surface area contributed by atoms with Crippen LogP contribution in [0.15, 0.2) is 18.3 Å². The van der Waals surface area contributed by atoms with E-state index in [9.17, 15) is 4.79 Å². The lowest BCUT2D eigenvalue weighted by molar-refractivity contribution is -0.144. The number of rotatable bonds is 5. The van der Waals surface area contributed by atoms with Crippen LogP contribution in [0.25, 0.3) is 0 Å². The molecule has 20 heavy (non-hydrogen) atoms. The first-order valence-electron chi connectivity index (χ1n) is 6.90. The molecule has 0 saturated carbocycles. The van der Waals surface area contributed by atoms with Crippen molar-refractivity contribution in [1.82, 2.24) is 4.98 Å². The predicted octanol–water partition coefficient (Wildman–Crippen LogP) is 0.351. The standard InChI is InChI=1S/C14H21N3O3/c1-2-20-14(18)12(15)9-11-3-4-13(16-10-11)17-5-7-19-8-6-17/h3-4,10,12H,2,5-9,15H2,1H3. The third-order valence-electron chi connectivity index (χ3n) is 3.19. The van der Waals surface area contributed by atoms with E-state index in [1.165, 1.54) is 0 Å². The molecule has 2 rings (SSSR count). The quantitative estimate of drug-likeness (QED) is 0.784. The monoisotopic (exact) mass is 279 g/mol. The maximum atomic E-state index is 11.5. The number of pyridine rings is 1. The molecule has 1 fully saturated rings. The summed E-state index contributed by atoms with van der Waals surface area (Å²) in [5.41, 5.74) is 6.72. The van der Waals surface area contributed by atoms with Crippen molar-refractivity contribution in [3.63, 3.8) is 0 Å². The molecule has 1 aromatic rings. The summed E-state index contributed by atoms with van der Waals surface area (Å²) in [5, 5.41) is 0. The van der Waals surface area contributed by atoms with Gasteiger partial charge in [-0.05, 0) is 25.0 Å². The lowest BCUT2D eigenvalue weighted by Crippen LogP contribution is -2.37. The summed E-state index contributed by atoms with van der Waals surface area (Å²) in [6.07, 6.45) is 2.21. The lowest BCUT2D eigenvalue weighted by Gasteiger charge is -2.27. The number of nitrogens with two attached hydrogens (primary N) is 1. The Kier molecular flexibility index (Phi) is 5.31. The third-order valence-corrected chi connectivity index (χ3v) is 3.19. The molecule has 1 unspecified atom stereocenters. The van der Waals surface area contributed by atoms with Gasteiger partial charge < -0.3 is 20.1 Å². The summed E-state index contributed by atoms with van der Waals surface area (Å²) in [6, 6.07) is 3.28. The first kappa shape index (κ1) is 14.7. The maximum absolute atomic E-state index is 11.5. The Balaban J connectivity index is 1.92. The van der Waals surface area contributed by atoms with Crippen molar-refractivity contribution in [3.05, 3.63) is 23.9 Å². The Morgan fingerprint density at radius 3 is 2.85 bits per heavy atom. The smallest absolute Gasteiger partial charge is 0.323 e. The van der Waals surface area contributed by atoms with Gasteiger partial charge in [-0.1, -0.05) is 6.07 Å². The highest BCUT2D eigenvalue weighted by Gasteiger charge is 2.16. The van der Waals surface area contributed by atoms with E-state index < -0.39 is 6.04 Å². The third kappa shape index (κ3) is 3.91. The fraction of sp³-hybridized carbons (Fsp3) is 0.571. The zero-order valence-corrected chi connectivity index (χ0v) is 11.7. The molecule has 2 heterocycles. The molecule has 0 spiro atoms. The van der Waals surface area contributed by atoms with Crippen LogP contribution in [0.1, 0.15) is 12.5 Å². The molecule has 2 N–H and O–H groups in total. The number of aromatic nitrogens is 1. The summed E-state index contributed by atoms with van der Waals surface area (Å²) >= 11 is 0. The molecule has 0 bridgehead atoms. The van der Waals surface area contributed by atoms with E-state index in [0.29, 0.717) is 13.0 Å². The highest BCUT2D eigenvalue weighted by molar-refractivity contribution is 5.75. The molecule has 6 nitrogen and oxygen atoms in total. The van der Waals surface area contributed by atoms with Crippen molar-refractivity contribution in [2.75, 3.05) is 37.8 Å². The zero-order valence-electron chi connectivity index (χ0n) is 11.7. The number of anilines is 1. The van der Waals surface area contributed by atoms with Gasteiger partial charge >= 0.3 is 5.97 Å². The summed E-state index contributed by atoms with van der Waals surface area (Å²) in [5.74, 6) is 0.562. The molecule has 110 valence electrons. The number of esters is 1. The Morgan fingerprint density at radius 1 is 1.50 bits per heavy atom. The minimum atomic E-state index is -0.633. The van der Waals surface area contributed by atoms with E-state index in [1.807, 2.05) is 12.1 Å². The van der Waals surface area contributed by atoms with E-state index in [-0.39, 0.29) is 5.97 Å². The number of nitrogens with zero attached hydrogens (tertiary/aromatic N) is 2. The van der Waals surface area contributed by atoms with Crippen LogP contribution in [0.5, 0.6) is 0 Å². The molecule has 1 saturated heterocycles. The molecule has 0 aromatic carbocycles. The van der Waals surface area contributed by atoms with Gasteiger partial charge in [0.2, 0.25) is 0 Å². The molecule has 1 atom stereocenters. The van der Waals surface area contributed by atoms with Crippen LogP contribution in [-0.2, 0) is 20.7 Å². The number of carbonyl (C=O) groups is 1. The average molecular weight is 279 g/mol. The minimum Gasteiger partial charge on any atom is -0.465 e. The Labute approximate surface area is 118 Å². The molecular weight excluding hydrogens is 258 g/mol. The first-order valence-corrected chi connectivity index (χ1v) is 6.90. The molecule has 0 radical (unpaired) electrons. The second-order valence-corrected chi connectivity index (χ2v) is 4.69. The fourth-order valence-corrected chi connectivity index (χ4v) is 2.10. The molecule has 1 aromatic heterocycles. The number of ether oxygens (including phenoxy) is 2. The van der Waals surface area contributed by atoms with Crippen molar-refractivity contribution < 1.29 is 14.3 Å². The zero-order chi connectivity index (χ0) is 14.4. The fourth-order valence-electron chi connectivity index (χ4n) is 2.10. The van der Waals surface area contributed by atoms with Crippen LogP contribution >= 0.6 is 0 Å². The summed E-state index contributed by atoms with van der Waals surface area (Å²) < 4.78 is 10.2.